The fourth-order valence-corrected chi connectivity index (χ4v) is 7.25. The number of piperidine rings is 1. The van der Waals surface area contributed by atoms with Crippen LogP contribution in [0.5, 0.6) is 11.5 Å². The first-order chi connectivity index (χ1) is 24.6. The van der Waals surface area contributed by atoms with Crippen molar-refractivity contribution in [1.82, 2.24) is 30.5 Å². The summed E-state index contributed by atoms with van der Waals surface area (Å²) < 4.78 is 23.7. The highest BCUT2D eigenvalue weighted by Gasteiger charge is 2.38. The van der Waals surface area contributed by atoms with Crippen LogP contribution in [0.3, 0.4) is 0 Å². The van der Waals surface area contributed by atoms with Gasteiger partial charge in [0.25, 0.3) is 0 Å². The maximum atomic E-state index is 12.7. The van der Waals surface area contributed by atoms with Gasteiger partial charge in [0.05, 0.1) is 36.2 Å². The number of hydrogen-bond acceptors (Lipinski definition) is 10. The molecule has 50 heavy (non-hydrogen) atoms. The number of pyridine rings is 2. The summed E-state index contributed by atoms with van der Waals surface area (Å²) in [5.74, 6) is 2.74. The molecule has 3 fully saturated rings. The lowest BCUT2D eigenvalue weighted by atomic mass is 9.85. The maximum absolute atomic E-state index is 12.7. The third-order valence-corrected chi connectivity index (χ3v) is 10.00. The van der Waals surface area contributed by atoms with E-state index in [0.29, 0.717) is 92.7 Å². The van der Waals surface area contributed by atoms with Gasteiger partial charge in [-0.1, -0.05) is 12.8 Å². The molecule has 1 aromatic carbocycles. The van der Waals surface area contributed by atoms with E-state index < -0.39 is 0 Å². The molecule has 12 heteroatoms. The molecule has 0 spiro atoms. The Morgan fingerprint density at radius 3 is 2.68 bits per heavy atom. The van der Waals surface area contributed by atoms with Crippen molar-refractivity contribution in [2.75, 3.05) is 32.8 Å². The predicted octanol–water partition coefficient (Wildman–Crippen LogP) is 5.07. The SMILES string of the molecule is O=C(NCCCC(=O)N1CCC(OCCOc2ccc(COc3ccc4oc(-c5cccnc5)nc4c3)nc2)CC1)[C@@H]1C[C@@H]2CCCC[C@@H]2N1. The molecule has 264 valence electrons. The van der Waals surface area contributed by atoms with E-state index in [-0.39, 0.29) is 24.0 Å². The van der Waals surface area contributed by atoms with Gasteiger partial charge in [-0.05, 0) is 80.8 Å². The van der Waals surface area contributed by atoms with Gasteiger partial charge in [-0.25, -0.2) is 4.98 Å². The second-order valence-electron chi connectivity index (χ2n) is 13.5. The van der Waals surface area contributed by atoms with Crippen LogP contribution in [0.2, 0.25) is 0 Å². The minimum absolute atomic E-state index is 0.0751. The number of hydrogen-bond donors (Lipinski definition) is 2. The maximum Gasteiger partial charge on any atom is 0.237 e. The molecule has 3 aliphatic rings. The topological polar surface area (TPSA) is 141 Å². The molecule has 1 saturated carbocycles. The smallest absolute Gasteiger partial charge is 0.237 e. The van der Waals surface area contributed by atoms with Crippen molar-refractivity contribution in [3.63, 3.8) is 0 Å². The number of amides is 2. The lowest BCUT2D eigenvalue weighted by Crippen LogP contribution is -2.44. The Morgan fingerprint density at radius 1 is 0.980 bits per heavy atom. The summed E-state index contributed by atoms with van der Waals surface area (Å²) >= 11 is 0. The van der Waals surface area contributed by atoms with Crippen LogP contribution in [0.4, 0.5) is 0 Å². The molecule has 2 saturated heterocycles. The van der Waals surface area contributed by atoms with E-state index in [1.54, 1.807) is 18.6 Å². The van der Waals surface area contributed by atoms with Crippen molar-refractivity contribution in [2.24, 2.45) is 5.92 Å². The number of oxazole rings is 1. The lowest BCUT2D eigenvalue weighted by Gasteiger charge is -2.32. The number of aromatic nitrogens is 3. The van der Waals surface area contributed by atoms with Crippen LogP contribution < -0.4 is 20.1 Å². The van der Waals surface area contributed by atoms with Crippen molar-refractivity contribution in [2.45, 2.75) is 82.6 Å². The molecule has 7 rings (SSSR count). The molecule has 2 aliphatic heterocycles. The zero-order valence-electron chi connectivity index (χ0n) is 28.4. The summed E-state index contributed by atoms with van der Waals surface area (Å²) in [4.78, 5) is 40.4. The molecular formula is C38H46N6O6. The Bertz CT molecular complexity index is 1690. The second kappa shape index (κ2) is 16.4. The number of rotatable bonds is 14. The monoisotopic (exact) mass is 682 g/mol. The van der Waals surface area contributed by atoms with Crippen LogP contribution in [0.25, 0.3) is 22.6 Å². The molecule has 2 N–H and O–H groups in total. The third kappa shape index (κ3) is 8.78. The number of nitrogens with zero attached hydrogens (tertiary/aromatic N) is 4. The van der Waals surface area contributed by atoms with Crippen LogP contribution in [-0.2, 0) is 20.9 Å². The fourth-order valence-electron chi connectivity index (χ4n) is 7.25. The fraction of sp³-hybridized carbons (Fsp3) is 0.500. The average Bonchev–Trinajstić information content (AvgIpc) is 3.80. The number of nitrogens with one attached hydrogen (secondary N) is 2. The number of likely N-dealkylation sites (tertiary alicyclic amines) is 1. The summed E-state index contributed by atoms with van der Waals surface area (Å²) in [7, 11) is 0. The number of benzene rings is 1. The highest BCUT2D eigenvalue weighted by Crippen LogP contribution is 2.33. The van der Waals surface area contributed by atoms with Gasteiger partial charge in [-0.3, -0.25) is 19.6 Å². The Morgan fingerprint density at radius 2 is 1.86 bits per heavy atom. The van der Waals surface area contributed by atoms with E-state index in [1.165, 1.54) is 25.7 Å². The third-order valence-electron chi connectivity index (χ3n) is 10.00. The molecule has 3 aromatic heterocycles. The summed E-state index contributed by atoms with van der Waals surface area (Å²) in [5, 5.41) is 6.57. The minimum atomic E-state index is -0.0751. The van der Waals surface area contributed by atoms with E-state index in [4.69, 9.17) is 18.6 Å². The van der Waals surface area contributed by atoms with Gasteiger partial charge in [0.1, 0.15) is 30.2 Å². The molecule has 4 aromatic rings. The van der Waals surface area contributed by atoms with Crippen LogP contribution in [0, 0.1) is 5.92 Å². The van der Waals surface area contributed by atoms with Crippen LogP contribution >= 0.6 is 0 Å². The van der Waals surface area contributed by atoms with Crippen molar-refractivity contribution >= 4 is 22.9 Å². The zero-order valence-corrected chi connectivity index (χ0v) is 28.4. The number of ether oxygens (including phenoxy) is 3. The van der Waals surface area contributed by atoms with Crippen molar-refractivity contribution in [1.29, 1.82) is 0 Å². The quantitative estimate of drug-likeness (QED) is 0.173. The largest absolute Gasteiger partial charge is 0.490 e. The number of fused-ring (bicyclic) bond motifs is 2. The van der Waals surface area contributed by atoms with Crippen LogP contribution in [0.15, 0.2) is 65.5 Å². The molecule has 3 atom stereocenters. The Balaban J connectivity index is 0.741. The van der Waals surface area contributed by atoms with Crippen LogP contribution in [0.1, 0.15) is 63.5 Å². The Kier molecular flexibility index (Phi) is 11.2. The molecule has 1 aliphatic carbocycles. The molecule has 5 heterocycles. The van der Waals surface area contributed by atoms with Crippen molar-refractivity contribution in [3.05, 3.63) is 66.7 Å². The zero-order chi connectivity index (χ0) is 34.1. The summed E-state index contributed by atoms with van der Waals surface area (Å²) in [6.07, 6.45) is 13.9. The van der Waals surface area contributed by atoms with E-state index in [1.807, 2.05) is 47.4 Å². The number of carbonyl (C=O) groups excluding carboxylic acids is 2. The molecular weight excluding hydrogens is 636 g/mol. The summed E-state index contributed by atoms with van der Waals surface area (Å²) in [5.41, 5.74) is 2.98. The first-order valence-electron chi connectivity index (χ1n) is 18.0. The first-order valence-corrected chi connectivity index (χ1v) is 18.0. The predicted molar refractivity (Wildman–Crippen MR) is 186 cm³/mol. The van der Waals surface area contributed by atoms with Gasteiger partial charge in [0, 0.05) is 50.6 Å². The molecule has 0 radical (unpaired) electrons. The van der Waals surface area contributed by atoms with E-state index in [0.717, 1.165) is 30.5 Å². The van der Waals surface area contributed by atoms with Gasteiger partial charge in [-0.2, -0.15) is 0 Å². The van der Waals surface area contributed by atoms with Gasteiger partial charge in [0.15, 0.2) is 5.58 Å². The van der Waals surface area contributed by atoms with Crippen LogP contribution in [-0.4, -0.2) is 82.7 Å². The highest BCUT2D eigenvalue weighted by atomic mass is 16.5. The highest BCUT2D eigenvalue weighted by molar-refractivity contribution is 5.82. The van der Waals surface area contributed by atoms with Gasteiger partial charge in [0.2, 0.25) is 17.7 Å². The molecule has 12 nitrogen and oxygen atoms in total. The minimum Gasteiger partial charge on any atom is -0.490 e. The standard InChI is InChI=1S/C38H46N6O6/c45-36(8-4-16-40-37(46)34-21-26-5-1-2-7-32(26)42-34)44-17-13-29(14-18-44)47-19-20-48-31-10-9-28(41-24-31)25-49-30-11-12-35-33(22-30)43-38(50-35)27-6-3-15-39-23-27/h3,6,9-12,15,22-24,26,29,32,34,42H,1-2,4-5,7-8,13-14,16-21,25H2,(H,40,46)/t26-,32-,34-/m0/s1. The average molecular weight is 683 g/mol. The Labute approximate surface area is 292 Å². The molecule has 2 amide bonds. The molecule has 0 unspecified atom stereocenters. The summed E-state index contributed by atoms with van der Waals surface area (Å²) in [6, 6.07) is 13.5. The number of carbonyl (C=O) groups is 2. The van der Waals surface area contributed by atoms with Crippen molar-refractivity contribution in [3.8, 4) is 23.0 Å². The summed E-state index contributed by atoms with van der Waals surface area (Å²) in [6.45, 7) is 3.11. The van der Waals surface area contributed by atoms with E-state index in [9.17, 15) is 9.59 Å². The normalized spacial score (nSPS) is 20.8. The second-order valence-corrected chi connectivity index (χ2v) is 13.5. The van der Waals surface area contributed by atoms with Crippen molar-refractivity contribution < 1.29 is 28.2 Å². The van der Waals surface area contributed by atoms with E-state index >= 15 is 0 Å². The van der Waals surface area contributed by atoms with Gasteiger partial charge in [-0.15, -0.1) is 0 Å². The van der Waals surface area contributed by atoms with Gasteiger partial charge < -0.3 is 34.2 Å². The molecule has 0 bridgehead atoms. The Hall–Kier alpha value is -4.55. The first kappa shape index (κ1) is 33.9. The van der Waals surface area contributed by atoms with Gasteiger partial charge >= 0.3 is 0 Å². The van der Waals surface area contributed by atoms with E-state index in [2.05, 4.69) is 25.6 Å². The lowest BCUT2D eigenvalue weighted by molar-refractivity contribution is -0.134.